The predicted molar refractivity (Wildman–Crippen MR) is 138 cm³/mol. The van der Waals surface area contributed by atoms with Gasteiger partial charge in [0.05, 0.1) is 29.1 Å². The smallest absolute Gasteiger partial charge is 0.253 e. The van der Waals surface area contributed by atoms with Crippen LogP contribution in [0.25, 0.3) is 28.0 Å². The third-order valence-electron chi connectivity index (χ3n) is 6.49. The summed E-state index contributed by atoms with van der Waals surface area (Å²) in [6.45, 7) is 7.36. The number of benzene rings is 2. The molecule has 2 aromatic heterocycles. The molecule has 0 unspecified atom stereocenters. The molecule has 0 saturated carbocycles. The van der Waals surface area contributed by atoms with Crippen molar-refractivity contribution in [2.24, 2.45) is 0 Å². The largest absolute Gasteiger partial charge is 0.379 e. The molecule has 4 rings (SSSR count). The molecule has 35 heavy (non-hydrogen) atoms. The van der Waals surface area contributed by atoms with Crippen molar-refractivity contribution in [2.75, 3.05) is 20.2 Å². The summed E-state index contributed by atoms with van der Waals surface area (Å²) in [6, 6.07) is 21.4. The molecule has 4 aromatic rings. The molecule has 0 fully saturated rings. The number of rotatable bonds is 8. The maximum absolute atomic E-state index is 13.1. The maximum atomic E-state index is 13.1. The lowest BCUT2D eigenvalue weighted by Crippen LogP contribution is -2.36. The van der Waals surface area contributed by atoms with Gasteiger partial charge in [0.2, 0.25) is 0 Å². The number of nitriles is 1. The van der Waals surface area contributed by atoms with Gasteiger partial charge in [0.1, 0.15) is 5.65 Å². The molecule has 0 aliphatic rings. The van der Waals surface area contributed by atoms with Crippen molar-refractivity contribution < 1.29 is 9.53 Å². The summed E-state index contributed by atoms with van der Waals surface area (Å²) >= 11 is 0. The number of amides is 1. The molecule has 0 atom stereocenters. The topological polar surface area (TPSA) is 70.6 Å². The minimum atomic E-state index is -0.264. The first-order valence-corrected chi connectivity index (χ1v) is 11.8. The van der Waals surface area contributed by atoms with Gasteiger partial charge in [-0.2, -0.15) is 5.26 Å². The van der Waals surface area contributed by atoms with E-state index in [0.717, 1.165) is 34.5 Å². The van der Waals surface area contributed by atoms with Gasteiger partial charge in [-0.1, -0.05) is 24.3 Å². The van der Waals surface area contributed by atoms with E-state index in [1.54, 1.807) is 7.11 Å². The number of hydrogen-bond donors (Lipinski definition) is 0. The van der Waals surface area contributed by atoms with Crippen LogP contribution in [0.5, 0.6) is 0 Å². The lowest BCUT2D eigenvalue weighted by atomic mass is 10.0. The van der Waals surface area contributed by atoms with Crippen LogP contribution in [0.4, 0.5) is 0 Å². The van der Waals surface area contributed by atoms with Crippen molar-refractivity contribution in [2.45, 2.75) is 32.8 Å². The fraction of sp³-hybridized carbons (Fsp3) is 0.276. The third kappa shape index (κ3) is 5.26. The van der Waals surface area contributed by atoms with Gasteiger partial charge < -0.3 is 9.64 Å². The SMILES string of the molecule is CCN(CCC(C)(C)OC)C(=O)c1ccc(-c2ccc3ncc(-c4ccc(C#N)cc4)n3c2)cc1. The lowest BCUT2D eigenvalue weighted by molar-refractivity contribution is 0.00831. The van der Waals surface area contributed by atoms with Gasteiger partial charge in [-0.05, 0) is 74.7 Å². The minimum Gasteiger partial charge on any atom is -0.379 e. The molecule has 2 heterocycles. The summed E-state index contributed by atoms with van der Waals surface area (Å²) in [5, 5.41) is 9.06. The number of methoxy groups -OCH3 is 1. The van der Waals surface area contributed by atoms with Crippen molar-refractivity contribution in [3.8, 4) is 28.5 Å². The maximum Gasteiger partial charge on any atom is 0.253 e. The van der Waals surface area contributed by atoms with Crippen LogP contribution in [0.15, 0.2) is 73.1 Å². The van der Waals surface area contributed by atoms with E-state index in [1.807, 2.05) is 96.9 Å². The van der Waals surface area contributed by atoms with Gasteiger partial charge in [-0.15, -0.1) is 0 Å². The second-order valence-corrected chi connectivity index (χ2v) is 9.15. The van der Waals surface area contributed by atoms with Crippen LogP contribution in [-0.2, 0) is 4.74 Å². The zero-order valence-corrected chi connectivity index (χ0v) is 20.7. The number of nitrogens with zero attached hydrogens (tertiary/aromatic N) is 4. The van der Waals surface area contributed by atoms with E-state index in [-0.39, 0.29) is 11.5 Å². The molecule has 0 bridgehead atoms. The molecule has 0 saturated heterocycles. The summed E-state index contributed by atoms with van der Waals surface area (Å²) in [5.41, 5.74) is 5.87. The van der Waals surface area contributed by atoms with Crippen LogP contribution < -0.4 is 0 Å². The minimum absolute atomic E-state index is 0.0270. The summed E-state index contributed by atoms with van der Waals surface area (Å²) in [6.07, 6.45) is 4.66. The normalized spacial score (nSPS) is 11.4. The number of pyridine rings is 1. The predicted octanol–water partition coefficient (Wildman–Crippen LogP) is 5.82. The number of imidazole rings is 1. The van der Waals surface area contributed by atoms with Crippen LogP contribution in [0.2, 0.25) is 0 Å². The summed E-state index contributed by atoms with van der Waals surface area (Å²) in [7, 11) is 1.70. The Morgan fingerprint density at radius 2 is 1.69 bits per heavy atom. The molecule has 0 radical (unpaired) electrons. The highest BCUT2D eigenvalue weighted by Gasteiger charge is 2.21. The number of ether oxygens (including phenoxy) is 1. The first-order chi connectivity index (χ1) is 16.8. The molecule has 0 spiro atoms. The summed E-state index contributed by atoms with van der Waals surface area (Å²) in [4.78, 5) is 19.4. The van der Waals surface area contributed by atoms with Crippen molar-refractivity contribution in [1.82, 2.24) is 14.3 Å². The Hall–Kier alpha value is -3.95. The van der Waals surface area contributed by atoms with Crippen LogP contribution in [0.1, 0.15) is 43.1 Å². The van der Waals surface area contributed by atoms with Crippen LogP contribution in [-0.4, -0.2) is 46.0 Å². The fourth-order valence-corrected chi connectivity index (χ4v) is 3.98. The fourth-order valence-electron chi connectivity index (χ4n) is 3.98. The zero-order valence-electron chi connectivity index (χ0n) is 20.7. The Labute approximate surface area is 206 Å². The molecular weight excluding hydrogens is 436 g/mol. The molecule has 0 aliphatic carbocycles. The molecule has 0 aliphatic heterocycles. The molecule has 2 aromatic carbocycles. The standard InChI is InChI=1S/C29H30N4O2/c1-5-32(17-16-29(2,3)35-4)28(34)24-12-10-22(11-13-24)25-14-15-27-31-19-26(33(27)20-25)23-8-6-21(18-30)7-9-23/h6-15,19-20H,5,16-17H2,1-4H3. The highest BCUT2D eigenvalue weighted by molar-refractivity contribution is 5.94. The van der Waals surface area contributed by atoms with Gasteiger partial charge in [0.25, 0.3) is 5.91 Å². The molecule has 6 nitrogen and oxygen atoms in total. The van der Waals surface area contributed by atoms with E-state index >= 15 is 0 Å². The van der Waals surface area contributed by atoms with Crippen molar-refractivity contribution in [3.63, 3.8) is 0 Å². The molecule has 178 valence electrons. The number of carbonyl (C=O) groups is 1. The second kappa shape index (κ2) is 10.1. The van der Waals surface area contributed by atoms with Crippen LogP contribution >= 0.6 is 0 Å². The number of fused-ring (bicyclic) bond motifs is 1. The molecule has 6 heteroatoms. The molecule has 1 amide bonds. The average Bonchev–Trinajstić information content (AvgIpc) is 3.32. The van der Waals surface area contributed by atoms with Crippen LogP contribution in [0, 0.1) is 11.3 Å². The van der Waals surface area contributed by atoms with E-state index in [4.69, 9.17) is 10.00 Å². The molecular formula is C29H30N4O2. The Bertz CT molecular complexity index is 1360. The number of carbonyl (C=O) groups excluding carboxylic acids is 1. The summed E-state index contributed by atoms with van der Waals surface area (Å²) < 4.78 is 7.54. The quantitative estimate of drug-likeness (QED) is 0.328. The van der Waals surface area contributed by atoms with Gasteiger partial charge in [0, 0.05) is 37.5 Å². The zero-order chi connectivity index (χ0) is 25.0. The monoisotopic (exact) mass is 466 g/mol. The first-order valence-electron chi connectivity index (χ1n) is 11.8. The average molecular weight is 467 g/mol. The Kier molecular flexibility index (Phi) is 6.99. The Balaban J connectivity index is 1.56. The van der Waals surface area contributed by atoms with Crippen molar-refractivity contribution >= 4 is 11.6 Å². The van der Waals surface area contributed by atoms with Gasteiger partial charge in [-0.3, -0.25) is 9.20 Å². The lowest BCUT2D eigenvalue weighted by Gasteiger charge is -2.28. The highest BCUT2D eigenvalue weighted by atomic mass is 16.5. The van der Waals surface area contributed by atoms with E-state index in [2.05, 4.69) is 17.3 Å². The van der Waals surface area contributed by atoms with Gasteiger partial charge >= 0.3 is 0 Å². The van der Waals surface area contributed by atoms with E-state index in [0.29, 0.717) is 24.2 Å². The Morgan fingerprint density at radius 1 is 1.03 bits per heavy atom. The molecule has 0 N–H and O–H groups in total. The number of aromatic nitrogens is 2. The van der Waals surface area contributed by atoms with Gasteiger partial charge in [-0.25, -0.2) is 4.98 Å². The summed E-state index contributed by atoms with van der Waals surface area (Å²) in [5.74, 6) is 0.0270. The van der Waals surface area contributed by atoms with E-state index in [9.17, 15) is 4.79 Å². The van der Waals surface area contributed by atoms with E-state index < -0.39 is 0 Å². The van der Waals surface area contributed by atoms with Gasteiger partial charge in [0.15, 0.2) is 0 Å². The Morgan fingerprint density at radius 3 is 2.31 bits per heavy atom. The van der Waals surface area contributed by atoms with Crippen molar-refractivity contribution in [3.05, 3.63) is 84.2 Å². The van der Waals surface area contributed by atoms with Crippen molar-refractivity contribution in [1.29, 1.82) is 5.26 Å². The first kappa shape index (κ1) is 24.2. The second-order valence-electron chi connectivity index (χ2n) is 9.15. The highest BCUT2D eigenvalue weighted by Crippen LogP contribution is 2.26. The number of hydrogen-bond acceptors (Lipinski definition) is 4. The van der Waals surface area contributed by atoms with Crippen LogP contribution in [0.3, 0.4) is 0 Å². The van der Waals surface area contributed by atoms with E-state index in [1.165, 1.54) is 0 Å². The third-order valence-corrected chi connectivity index (χ3v) is 6.49.